The molecule has 0 radical (unpaired) electrons. The second kappa shape index (κ2) is 5.49. The molecule has 6 heteroatoms. The number of rotatable bonds is 2. The van der Waals surface area contributed by atoms with Crippen LogP contribution in [0, 0.1) is 12.7 Å². The number of pyridine rings is 1. The van der Waals surface area contributed by atoms with Crippen molar-refractivity contribution in [1.29, 1.82) is 0 Å². The standard InChI is InChI=1S/C18H13FN2O2S/c1-3-13-21-15-14-9(2)8-12(10-4-6-11(19)7-5-10)20-17(14)24-16(15)18(22)23-13/h4-8H,3H2,1-2H3. The molecule has 0 spiro atoms. The maximum absolute atomic E-state index is 13.1. The Balaban J connectivity index is 2.02. The molecule has 0 aliphatic rings. The van der Waals surface area contributed by atoms with Crippen molar-refractivity contribution in [3.05, 3.63) is 58.0 Å². The van der Waals surface area contributed by atoms with Crippen LogP contribution >= 0.6 is 11.3 Å². The summed E-state index contributed by atoms with van der Waals surface area (Å²) < 4.78 is 18.8. The van der Waals surface area contributed by atoms with Gasteiger partial charge >= 0.3 is 5.63 Å². The second-order valence-corrected chi connectivity index (χ2v) is 6.54. The van der Waals surface area contributed by atoms with E-state index in [4.69, 9.17) is 4.42 Å². The Labute approximate surface area is 140 Å². The van der Waals surface area contributed by atoms with E-state index in [1.165, 1.54) is 23.5 Å². The van der Waals surface area contributed by atoms with E-state index in [0.717, 1.165) is 27.0 Å². The number of hydrogen-bond acceptors (Lipinski definition) is 5. The Morgan fingerprint density at radius 1 is 1.21 bits per heavy atom. The van der Waals surface area contributed by atoms with Gasteiger partial charge in [-0.3, -0.25) is 0 Å². The molecule has 0 unspecified atom stereocenters. The number of fused-ring (bicyclic) bond motifs is 3. The van der Waals surface area contributed by atoms with E-state index in [9.17, 15) is 9.18 Å². The minimum atomic E-state index is -0.373. The van der Waals surface area contributed by atoms with E-state index in [2.05, 4.69) is 9.97 Å². The molecule has 0 aliphatic heterocycles. The lowest BCUT2D eigenvalue weighted by Crippen LogP contribution is -2.02. The fourth-order valence-corrected chi connectivity index (χ4v) is 3.80. The van der Waals surface area contributed by atoms with E-state index in [0.29, 0.717) is 22.5 Å². The molecule has 0 aliphatic carbocycles. The molecule has 4 nitrogen and oxygen atoms in total. The zero-order valence-electron chi connectivity index (χ0n) is 13.1. The quantitative estimate of drug-likeness (QED) is 0.540. The average molecular weight is 340 g/mol. The van der Waals surface area contributed by atoms with Gasteiger partial charge in [-0.15, -0.1) is 11.3 Å². The van der Waals surface area contributed by atoms with Gasteiger partial charge in [0.15, 0.2) is 5.89 Å². The van der Waals surface area contributed by atoms with Gasteiger partial charge in [-0.25, -0.2) is 19.2 Å². The number of hydrogen-bond donors (Lipinski definition) is 0. The van der Waals surface area contributed by atoms with Crippen molar-refractivity contribution in [1.82, 2.24) is 9.97 Å². The van der Waals surface area contributed by atoms with Crippen LogP contribution in [-0.2, 0) is 6.42 Å². The number of aromatic nitrogens is 2. The molecular formula is C18H13FN2O2S. The summed E-state index contributed by atoms with van der Waals surface area (Å²) in [4.78, 5) is 22.0. The summed E-state index contributed by atoms with van der Waals surface area (Å²) in [5.74, 6) is 0.140. The van der Waals surface area contributed by atoms with Crippen LogP contribution in [0.3, 0.4) is 0 Å². The van der Waals surface area contributed by atoms with Crippen LogP contribution < -0.4 is 5.63 Å². The third-order valence-corrected chi connectivity index (χ3v) is 4.96. The number of nitrogens with zero attached hydrogens (tertiary/aromatic N) is 2. The monoisotopic (exact) mass is 340 g/mol. The molecule has 4 aromatic rings. The van der Waals surface area contributed by atoms with Gasteiger partial charge in [-0.2, -0.15) is 0 Å². The van der Waals surface area contributed by atoms with Crippen molar-refractivity contribution in [2.24, 2.45) is 0 Å². The highest BCUT2D eigenvalue weighted by atomic mass is 32.1. The Morgan fingerprint density at radius 3 is 2.67 bits per heavy atom. The first-order valence-electron chi connectivity index (χ1n) is 7.56. The lowest BCUT2D eigenvalue weighted by atomic mass is 10.1. The van der Waals surface area contributed by atoms with Crippen LogP contribution in [0.5, 0.6) is 0 Å². The topological polar surface area (TPSA) is 56.0 Å². The van der Waals surface area contributed by atoms with Gasteiger partial charge in [-0.05, 0) is 42.8 Å². The molecule has 3 heterocycles. The lowest BCUT2D eigenvalue weighted by molar-refractivity contribution is 0.451. The zero-order valence-corrected chi connectivity index (χ0v) is 13.9. The molecule has 1 aromatic carbocycles. The van der Waals surface area contributed by atoms with Gasteiger partial charge in [0.05, 0.1) is 5.69 Å². The molecule has 4 rings (SSSR count). The molecule has 24 heavy (non-hydrogen) atoms. The predicted octanol–water partition coefficient (Wildman–Crippen LogP) is 4.47. The van der Waals surface area contributed by atoms with Crippen molar-refractivity contribution in [3.8, 4) is 11.3 Å². The number of benzene rings is 1. The summed E-state index contributed by atoms with van der Waals surface area (Å²) in [6.45, 7) is 3.86. The molecular weight excluding hydrogens is 327 g/mol. The molecule has 0 amide bonds. The first-order chi connectivity index (χ1) is 11.6. The third kappa shape index (κ3) is 2.30. The van der Waals surface area contributed by atoms with Gasteiger partial charge in [-0.1, -0.05) is 6.92 Å². The Bertz CT molecular complexity index is 1130. The van der Waals surface area contributed by atoms with Crippen LogP contribution in [0.25, 0.3) is 31.7 Å². The smallest absolute Gasteiger partial charge is 0.357 e. The highest BCUT2D eigenvalue weighted by Crippen LogP contribution is 2.34. The fraction of sp³-hybridized carbons (Fsp3) is 0.167. The predicted molar refractivity (Wildman–Crippen MR) is 93.0 cm³/mol. The first-order valence-corrected chi connectivity index (χ1v) is 8.38. The highest BCUT2D eigenvalue weighted by molar-refractivity contribution is 7.25. The zero-order chi connectivity index (χ0) is 16.8. The summed E-state index contributed by atoms with van der Waals surface area (Å²) in [7, 11) is 0. The molecule has 0 atom stereocenters. The second-order valence-electron chi connectivity index (χ2n) is 5.54. The maximum Gasteiger partial charge on any atom is 0.357 e. The number of aryl methyl sites for hydroxylation is 2. The highest BCUT2D eigenvalue weighted by Gasteiger charge is 2.16. The lowest BCUT2D eigenvalue weighted by Gasteiger charge is -2.04. The van der Waals surface area contributed by atoms with Crippen molar-refractivity contribution in [2.75, 3.05) is 0 Å². The van der Waals surface area contributed by atoms with Crippen LogP contribution in [-0.4, -0.2) is 9.97 Å². The van der Waals surface area contributed by atoms with Crippen molar-refractivity contribution in [2.45, 2.75) is 20.3 Å². The van der Waals surface area contributed by atoms with Crippen molar-refractivity contribution >= 4 is 31.8 Å². The summed E-state index contributed by atoms with van der Waals surface area (Å²) >= 11 is 1.28. The Hall–Kier alpha value is -2.60. The molecule has 3 aromatic heterocycles. The molecule has 0 N–H and O–H groups in total. The normalized spacial score (nSPS) is 11.5. The average Bonchev–Trinajstić information content (AvgIpc) is 2.95. The first kappa shape index (κ1) is 15.0. The van der Waals surface area contributed by atoms with E-state index in [1.54, 1.807) is 12.1 Å². The summed E-state index contributed by atoms with van der Waals surface area (Å²) in [5, 5.41) is 0.878. The van der Waals surface area contributed by atoms with Gasteiger partial charge < -0.3 is 4.42 Å². The third-order valence-electron chi connectivity index (χ3n) is 3.91. The summed E-state index contributed by atoms with van der Waals surface area (Å²) in [5.41, 5.74) is 2.83. The van der Waals surface area contributed by atoms with E-state index in [1.807, 2.05) is 19.9 Å². The molecule has 0 saturated heterocycles. The maximum atomic E-state index is 13.1. The van der Waals surface area contributed by atoms with E-state index < -0.39 is 0 Å². The van der Waals surface area contributed by atoms with Crippen molar-refractivity contribution < 1.29 is 8.81 Å². The molecule has 120 valence electrons. The SMILES string of the molecule is CCc1nc2c(sc3nc(-c4ccc(F)cc4)cc(C)c32)c(=O)o1. The minimum Gasteiger partial charge on any atom is -0.407 e. The Kier molecular flexibility index (Phi) is 3.42. The summed E-state index contributed by atoms with van der Waals surface area (Å²) in [6, 6.07) is 8.14. The largest absolute Gasteiger partial charge is 0.407 e. The van der Waals surface area contributed by atoms with Gasteiger partial charge in [0.25, 0.3) is 0 Å². The number of halogens is 1. The number of thiophene rings is 1. The summed E-state index contributed by atoms with van der Waals surface area (Å²) in [6.07, 6.45) is 0.558. The van der Waals surface area contributed by atoms with Gasteiger partial charge in [0.2, 0.25) is 0 Å². The minimum absolute atomic E-state index is 0.285. The van der Waals surface area contributed by atoms with Crippen molar-refractivity contribution in [3.63, 3.8) is 0 Å². The molecule has 0 saturated carbocycles. The van der Waals surface area contributed by atoms with Gasteiger partial charge in [0, 0.05) is 17.4 Å². The van der Waals surface area contributed by atoms with Crippen LogP contribution in [0.1, 0.15) is 18.4 Å². The van der Waals surface area contributed by atoms with Gasteiger partial charge in [0.1, 0.15) is 20.9 Å². The molecule has 0 fully saturated rings. The Morgan fingerprint density at radius 2 is 1.96 bits per heavy atom. The van der Waals surface area contributed by atoms with E-state index >= 15 is 0 Å². The van der Waals surface area contributed by atoms with Crippen LogP contribution in [0.2, 0.25) is 0 Å². The van der Waals surface area contributed by atoms with E-state index in [-0.39, 0.29) is 11.4 Å². The molecule has 0 bridgehead atoms. The van der Waals surface area contributed by atoms with Crippen LogP contribution in [0.4, 0.5) is 4.39 Å². The fourth-order valence-electron chi connectivity index (χ4n) is 2.73. The van der Waals surface area contributed by atoms with Crippen LogP contribution in [0.15, 0.2) is 39.5 Å².